The third-order valence-corrected chi connectivity index (χ3v) is 4.94. The Morgan fingerprint density at radius 1 is 0.636 bits per heavy atom. The first-order chi connectivity index (χ1) is 10.8. The Morgan fingerprint density at radius 2 is 1.09 bits per heavy atom. The summed E-state index contributed by atoms with van der Waals surface area (Å²) in [4.78, 5) is 0. The lowest BCUT2D eigenvalue weighted by molar-refractivity contribution is 0.414. The molecular weight excluding hydrogens is 272 g/mol. The van der Waals surface area contributed by atoms with Crippen LogP contribution in [-0.4, -0.2) is 14.2 Å². The summed E-state index contributed by atoms with van der Waals surface area (Å²) in [6.45, 7) is 0. The van der Waals surface area contributed by atoms with Crippen molar-refractivity contribution >= 4 is 11.1 Å². The number of rotatable bonds is 2. The summed E-state index contributed by atoms with van der Waals surface area (Å²) in [5.41, 5.74) is 8.65. The van der Waals surface area contributed by atoms with Gasteiger partial charge < -0.3 is 9.47 Å². The van der Waals surface area contributed by atoms with E-state index in [2.05, 4.69) is 36.4 Å². The maximum absolute atomic E-state index is 5.41. The third-order valence-electron chi connectivity index (χ3n) is 4.94. The monoisotopic (exact) mass is 292 g/mol. The zero-order valence-electron chi connectivity index (χ0n) is 13.1. The highest BCUT2D eigenvalue weighted by Crippen LogP contribution is 2.45. The standard InChI is InChI=1S/C20H20O2/c1-21-15-7-3-13-5-9-17(19(13)11-15)18-10-6-14-4-8-16(22-2)12-20(14)18/h3-4,7-8,11-12H,5-6,9-10H2,1-2H3/b18-17+. The lowest BCUT2D eigenvalue weighted by atomic mass is 9.97. The van der Waals surface area contributed by atoms with Gasteiger partial charge in [-0.15, -0.1) is 0 Å². The second-order valence-electron chi connectivity index (χ2n) is 6.00. The van der Waals surface area contributed by atoms with Crippen molar-refractivity contribution in [3.8, 4) is 11.5 Å². The summed E-state index contributed by atoms with van der Waals surface area (Å²) in [5, 5.41) is 0. The molecule has 0 atom stereocenters. The van der Waals surface area contributed by atoms with E-state index in [0.717, 1.165) is 37.2 Å². The van der Waals surface area contributed by atoms with Crippen molar-refractivity contribution in [3.63, 3.8) is 0 Å². The van der Waals surface area contributed by atoms with Crippen LogP contribution in [0.4, 0.5) is 0 Å². The maximum atomic E-state index is 5.41. The Labute approximate surface area is 131 Å². The zero-order valence-corrected chi connectivity index (χ0v) is 13.1. The first-order valence-corrected chi connectivity index (χ1v) is 7.87. The van der Waals surface area contributed by atoms with Gasteiger partial charge in [0.2, 0.25) is 0 Å². The number of allylic oxidation sites excluding steroid dienone is 2. The van der Waals surface area contributed by atoms with Gasteiger partial charge in [-0.1, -0.05) is 12.1 Å². The van der Waals surface area contributed by atoms with Gasteiger partial charge in [-0.2, -0.15) is 0 Å². The Kier molecular flexibility index (Phi) is 3.18. The fourth-order valence-corrected chi connectivity index (χ4v) is 3.78. The molecule has 22 heavy (non-hydrogen) atoms. The van der Waals surface area contributed by atoms with Crippen LogP contribution in [0.1, 0.15) is 35.1 Å². The van der Waals surface area contributed by atoms with Gasteiger partial charge in [-0.3, -0.25) is 0 Å². The topological polar surface area (TPSA) is 18.5 Å². The minimum absolute atomic E-state index is 0.947. The average Bonchev–Trinajstić information content (AvgIpc) is 3.16. The number of benzene rings is 2. The fraction of sp³-hybridized carbons (Fsp3) is 0.300. The number of hydrogen-bond acceptors (Lipinski definition) is 2. The lowest BCUT2D eigenvalue weighted by Gasteiger charge is -2.10. The van der Waals surface area contributed by atoms with E-state index in [1.165, 1.54) is 33.4 Å². The van der Waals surface area contributed by atoms with Crippen molar-refractivity contribution in [1.29, 1.82) is 0 Å². The minimum Gasteiger partial charge on any atom is -0.497 e. The van der Waals surface area contributed by atoms with Crippen LogP contribution in [0.15, 0.2) is 36.4 Å². The summed E-state index contributed by atoms with van der Waals surface area (Å²) in [5.74, 6) is 1.89. The van der Waals surface area contributed by atoms with Gasteiger partial charge in [-0.05, 0) is 83.3 Å². The average molecular weight is 292 g/mol. The van der Waals surface area contributed by atoms with Crippen molar-refractivity contribution in [2.24, 2.45) is 0 Å². The predicted molar refractivity (Wildman–Crippen MR) is 89.4 cm³/mol. The molecule has 0 saturated heterocycles. The van der Waals surface area contributed by atoms with Crippen molar-refractivity contribution in [1.82, 2.24) is 0 Å². The summed E-state index contributed by atoms with van der Waals surface area (Å²) >= 11 is 0. The Bertz CT molecular complexity index is 706. The summed E-state index contributed by atoms with van der Waals surface area (Å²) in [7, 11) is 3.47. The number of aryl methyl sites for hydroxylation is 2. The molecule has 0 heterocycles. The van der Waals surface area contributed by atoms with Crippen LogP contribution in [0.25, 0.3) is 11.1 Å². The van der Waals surface area contributed by atoms with E-state index in [0.29, 0.717) is 0 Å². The quantitative estimate of drug-likeness (QED) is 0.811. The Morgan fingerprint density at radius 3 is 1.50 bits per heavy atom. The highest BCUT2D eigenvalue weighted by atomic mass is 16.5. The molecule has 2 nitrogen and oxygen atoms in total. The van der Waals surface area contributed by atoms with E-state index < -0.39 is 0 Å². The Balaban J connectivity index is 1.87. The fourth-order valence-electron chi connectivity index (χ4n) is 3.78. The Hall–Kier alpha value is -2.22. The highest BCUT2D eigenvalue weighted by molar-refractivity contribution is 5.96. The van der Waals surface area contributed by atoms with Crippen molar-refractivity contribution < 1.29 is 9.47 Å². The SMILES string of the molecule is COc1ccc2c(c1)/C(=C1\CCc3ccc(OC)cc31)CC2. The van der Waals surface area contributed by atoms with Crippen LogP contribution >= 0.6 is 0 Å². The molecule has 0 aliphatic heterocycles. The van der Waals surface area contributed by atoms with E-state index in [9.17, 15) is 0 Å². The van der Waals surface area contributed by atoms with Crippen LogP contribution in [0.3, 0.4) is 0 Å². The molecule has 0 saturated carbocycles. The van der Waals surface area contributed by atoms with Crippen molar-refractivity contribution in [2.45, 2.75) is 25.7 Å². The maximum Gasteiger partial charge on any atom is 0.119 e. The van der Waals surface area contributed by atoms with Gasteiger partial charge in [0.05, 0.1) is 14.2 Å². The van der Waals surface area contributed by atoms with Crippen molar-refractivity contribution in [3.05, 3.63) is 58.7 Å². The smallest absolute Gasteiger partial charge is 0.119 e. The van der Waals surface area contributed by atoms with Gasteiger partial charge in [0.1, 0.15) is 11.5 Å². The predicted octanol–water partition coefficient (Wildman–Crippen LogP) is 4.51. The number of fused-ring (bicyclic) bond motifs is 2. The molecule has 2 aliphatic rings. The molecule has 0 aromatic heterocycles. The van der Waals surface area contributed by atoms with Crippen LogP contribution in [0.2, 0.25) is 0 Å². The normalized spacial score (nSPS) is 19.0. The van der Waals surface area contributed by atoms with Gasteiger partial charge in [0, 0.05) is 0 Å². The van der Waals surface area contributed by atoms with Gasteiger partial charge in [0.25, 0.3) is 0 Å². The van der Waals surface area contributed by atoms with E-state index in [1.54, 1.807) is 14.2 Å². The largest absolute Gasteiger partial charge is 0.497 e. The molecule has 2 aliphatic carbocycles. The molecule has 0 unspecified atom stereocenters. The van der Waals surface area contributed by atoms with E-state index in [1.807, 2.05) is 0 Å². The molecule has 2 aromatic carbocycles. The third kappa shape index (κ3) is 2.02. The number of hydrogen-bond donors (Lipinski definition) is 0. The van der Waals surface area contributed by atoms with Crippen LogP contribution in [0, 0.1) is 0 Å². The van der Waals surface area contributed by atoms with Crippen LogP contribution < -0.4 is 9.47 Å². The lowest BCUT2D eigenvalue weighted by Crippen LogP contribution is -1.90. The first-order valence-electron chi connectivity index (χ1n) is 7.87. The van der Waals surface area contributed by atoms with Crippen molar-refractivity contribution in [2.75, 3.05) is 14.2 Å². The summed E-state index contributed by atoms with van der Waals surface area (Å²) in [6, 6.07) is 13.0. The highest BCUT2D eigenvalue weighted by Gasteiger charge is 2.25. The molecule has 4 rings (SSSR count). The van der Waals surface area contributed by atoms with Gasteiger partial charge in [-0.25, -0.2) is 0 Å². The molecule has 2 heteroatoms. The van der Waals surface area contributed by atoms with Crippen LogP contribution in [-0.2, 0) is 12.8 Å². The molecule has 0 radical (unpaired) electrons. The molecule has 0 spiro atoms. The summed E-state index contributed by atoms with van der Waals surface area (Å²) in [6.07, 6.45) is 4.54. The molecule has 2 aromatic rings. The van der Waals surface area contributed by atoms with Crippen LogP contribution in [0.5, 0.6) is 11.5 Å². The second kappa shape index (κ2) is 5.20. The first kappa shape index (κ1) is 13.4. The summed E-state index contributed by atoms with van der Waals surface area (Å²) < 4.78 is 10.8. The molecule has 112 valence electrons. The molecule has 0 fully saturated rings. The zero-order chi connectivity index (χ0) is 15.1. The second-order valence-corrected chi connectivity index (χ2v) is 6.00. The minimum atomic E-state index is 0.947. The van der Waals surface area contributed by atoms with E-state index in [-0.39, 0.29) is 0 Å². The number of methoxy groups -OCH3 is 2. The molecule has 0 bridgehead atoms. The molecule has 0 amide bonds. The molecular formula is C20H20O2. The number of ether oxygens (including phenoxy) is 2. The van der Waals surface area contributed by atoms with Gasteiger partial charge >= 0.3 is 0 Å². The molecule has 0 N–H and O–H groups in total. The van der Waals surface area contributed by atoms with E-state index in [4.69, 9.17) is 9.47 Å². The van der Waals surface area contributed by atoms with Gasteiger partial charge in [0.15, 0.2) is 0 Å². The van der Waals surface area contributed by atoms with E-state index >= 15 is 0 Å².